The van der Waals surface area contributed by atoms with Crippen molar-refractivity contribution < 1.29 is 4.79 Å². The van der Waals surface area contributed by atoms with Crippen LogP contribution in [0.15, 0.2) is 30.3 Å². The normalized spacial score (nSPS) is 11.2. The first-order valence-corrected chi connectivity index (χ1v) is 9.68. The number of aromatic nitrogens is 5. The Morgan fingerprint density at radius 3 is 2.89 bits per heavy atom. The fraction of sp³-hybridized carbons (Fsp3) is 0.176. The molecule has 3 aromatic heterocycles. The molecule has 0 radical (unpaired) electrons. The first kappa shape index (κ1) is 17.9. The van der Waals surface area contributed by atoms with Crippen LogP contribution < -0.4 is 5.32 Å². The topological polar surface area (TPSA) is 80.5 Å². The van der Waals surface area contributed by atoms with Gasteiger partial charge in [-0.25, -0.2) is 4.68 Å². The number of nitrogens with zero attached hydrogens (tertiary/aromatic N) is 4. The fourth-order valence-corrected chi connectivity index (χ4v) is 4.19. The number of hydrogen-bond acceptors (Lipinski definition) is 5. The molecule has 0 unspecified atom stereocenters. The molecular weight excluding hydrogens is 404 g/mol. The van der Waals surface area contributed by atoms with Gasteiger partial charge in [0.2, 0.25) is 0 Å². The van der Waals surface area contributed by atoms with Gasteiger partial charge in [-0.2, -0.15) is 10.2 Å². The smallest absolute Gasteiger partial charge is 0.261 e. The lowest BCUT2D eigenvalue weighted by Crippen LogP contribution is -2.23. The van der Waals surface area contributed by atoms with Gasteiger partial charge in [0, 0.05) is 12.4 Å². The van der Waals surface area contributed by atoms with Crippen LogP contribution in [-0.2, 0) is 13.6 Å². The van der Waals surface area contributed by atoms with Crippen LogP contribution in [0.3, 0.4) is 0 Å². The molecule has 2 N–H and O–H groups in total. The van der Waals surface area contributed by atoms with Crippen LogP contribution in [0.1, 0.15) is 21.2 Å². The Kier molecular flexibility index (Phi) is 4.58. The molecule has 0 saturated carbocycles. The molecule has 0 aliphatic rings. The van der Waals surface area contributed by atoms with Crippen molar-refractivity contribution in [3.8, 4) is 5.69 Å². The average molecular weight is 419 g/mol. The minimum Gasteiger partial charge on any atom is -0.344 e. The fourth-order valence-electron chi connectivity index (χ4n) is 2.73. The molecule has 4 aromatic rings. The Balaban J connectivity index is 1.64. The minimum atomic E-state index is -0.171. The highest BCUT2D eigenvalue weighted by Crippen LogP contribution is 2.32. The molecule has 138 valence electrons. The summed E-state index contributed by atoms with van der Waals surface area (Å²) < 4.78 is 4.02. The maximum absolute atomic E-state index is 12.6. The number of hydrogen-bond donors (Lipinski definition) is 2. The molecule has 27 heavy (non-hydrogen) atoms. The molecule has 10 heteroatoms. The molecule has 0 spiro atoms. The third-order valence-corrected chi connectivity index (χ3v) is 6.02. The number of fused-ring (bicyclic) bond motifs is 1. The quantitative estimate of drug-likeness (QED) is 0.494. The zero-order valence-corrected chi connectivity index (χ0v) is 16.9. The number of aryl methyl sites for hydroxylation is 1. The van der Waals surface area contributed by atoms with Crippen molar-refractivity contribution in [2.24, 2.45) is 7.05 Å². The van der Waals surface area contributed by atoms with E-state index in [-0.39, 0.29) is 12.5 Å². The lowest BCUT2D eigenvalue weighted by atomic mass is 10.3. The number of aromatic amines is 1. The van der Waals surface area contributed by atoms with Gasteiger partial charge in [-0.3, -0.25) is 9.89 Å². The van der Waals surface area contributed by atoms with E-state index in [1.54, 1.807) is 16.3 Å². The molecule has 0 aliphatic carbocycles. The number of thiophene rings is 1. The average Bonchev–Trinajstić information content (AvgIpc) is 3.31. The van der Waals surface area contributed by atoms with Gasteiger partial charge in [0.15, 0.2) is 10.6 Å². The van der Waals surface area contributed by atoms with Crippen LogP contribution in [0, 0.1) is 11.7 Å². The molecule has 3 heterocycles. The standard InChI is InChI=1S/C17H15ClN6OS2/c1-9-10-7-13(15(25)19-8-14-20-21-17(26)23(14)2)27-16(10)24(22-9)12-6-4-3-5-11(12)18/h3-7H,8H2,1-2H3,(H,19,25)(H,21,26). The van der Waals surface area contributed by atoms with E-state index in [0.717, 1.165) is 21.6 Å². The number of amides is 1. The summed E-state index contributed by atoms with van der Waals surface area (Å²) in [5, 5.41) is 15.8. The predicted molar refractivity (Wildman–Crippen MR) is 108 cm³/mol. The summed E-state index contributed by atoms with van der Waals surface area (Å²) in [6.45, 7) is 2.20. The molecule has 4 rings (SSSR count). The lowest BCUT2D eigenvalue weighted by Gasteiger charge is -2.04. The third-order valence-electron chi connectivity index (χ3n) is 4.23. The minimum absolute atomic E-state index is 0.171. The monoisotopic (exact) mass is 418 g/mol. The summed E-state index contributed by atoms with van der Waals surface area (Å²) in [4.78, 5) is 14.1. The molecule has 7 nitrogen and oxygen atoms in total. The van der Waals surface area contributed by atoms with Gasteiger partial charge in [0.05, 0.1) is 27.8 Å². The number of halogens is 1. The number of H-pyrrole nitrogens is 1. The van der Waals surface area contributed by atoms with Crippen LogP contribution >= 0.6 is 35.2 Å². The number of nitrogens with one attached hydrogen (secondary N) is 2. The maximum atomic E-state index is 12.6. The summed E-state index contributed by atoms with van der Waals surface area (Å²) in [5.41, 5.74) is 1.63. The van der Waals surface area contributed by atoms with E-state index in [1.165, 1.54) is 11.3 Å². The van der Waals surface area contributed by atoms with Crippen LogP contribution in [0.5, 0.6) is 0 Å². The van der Waals surface area contributed by atoms with Gasteiger partial charge in [0.1, 0.15) is 4.83 Å². The van der Waals surface area contributed by atoms with Gasteiger partial charge in [0.25, 0.3) is 5.91 Å². The second-order valence-electron chi connectivity index (χ2n) is 5.96. The predicted octanol–water partition coefficient (Wildman–Crippen LogP) is 3.77. The Labute approximate surface area is 168 Å². The van der Waals surface area contributed by atoms with Crippen molar-refractivity contribution >= 4 is 51.3 Å². The first-order valence-electron chi connectivity index (χ1n) is 8.08. The number of benzene rings is 1. The third kappa shape index (κ3) is 3.18. The summed E-state index contributed by atoms with van der Waals surface area (Å²) in [6.07, 6.45) is 0. The lowest BCUT2D eigenvalue weighted by molar-refractivity contribution is 0.0953. The van der Waals surface area contributed by atoms with E-state index < -0.39 is 0 Å². The zero-order chi connectivity index (χ0) is 19.1. The van der Waals surface area contributed by atoms with E-state index in [2.05, 4.69) is 20.6 Å². The molecule has 1 aromatic carbocycles. The van der Waals surface area contributed by atoms with E-state index in [0.29, 0.717) is 20.5 Å². The maximum Gasteiger partial charge on any atom is 0.261 e. The molecule has 1 amide bonds. The molecular formula is C17H15ClN6OS2. The van der Waals surface area contributed by atoms with Crippen molar-refractivity contribution in [1.29, 1.82) is 0 Å². The van der Waals surface area contributed by atoms with Gasteiger partial charge >= 0.3 is 0 Å². The second-order valence-corrected chi connectivity index (χ2v) is 7.79. The molecule has 0 saturated heterocycles. The number of rotatable bonds is 4. The molecule has 0 fully saturated rings. The summed E-state index contributed by atoms with van der Waals surface area (Å²) in [5.74, 6) is 0.489. The Hall–Kier alpha value is -2.49. The van der Waals surface area contributed by atoms with Crippen LogP contribution in [0.4, 0.5) is 0 Å². The van der Waals surface area contributed by atoms with E-state index >= 15 is 0 Å². The highest BCUT2D eigenvalue weighted by atomic mass is 35.5. The van der Waals surface area contributed by atoms with Gasteiger partial charge < -0.3 is 9.88 Å². The first-order chi connectivity index (χ1) is 13.0. The Morgan fingerprint density at radius 1 is 1.41 bits per heavy atom. The Bertz CT molecular complexity index is 1220. The SMILES string of the molecule is Cc1nn(-c2ccccc2Cl)c2sc(C(=O)NCc3n[nH]c(=S)n3C)cc12. The van der Waals surface area contributed by atoms with Crippen LogP contribution in [0.2, 0.25) is 5.02 Å². The van der Waals surface area contributed by atoms with E-state index in [4.69, 9.17) is 23.8 Å². The largest absolute Gasteiger partial charge is 0.344 e. The summed E-state index contributed by atoms with van der Waals surface area (Å²) in [6, 6.07) is 9.35. The van der Waals surface area contributed by atoms with Crippen LogP contribution in [-0.4, -0.2) is 30.5 Å². The van der Waals surface area contributed by atoms with E-state index in [1.807, 2.05) is 37.3 Å². The van der Waals surface area contributed by atoms with Crippen molar-refractivity contribution in [2.75, 3.05) is 0 Å². The zero-order valence-electron chi connectivity index (χ0n) is 14.5. The Morgan fingerprint density at radius 2 is 2.19 bits per heavy atom. The second kappa shape index (κ2) is 6.91. The van der Waals surface area contributed by atoms with Crippen molar-refractivity contribution in [2.45, 2.75) is 13.5 Å². The summed E-state index contributed by atoms with van der Waals surface area (Å²) >= 11 is 12.8. The summed E-state index contributed by atoms with van der Waals surface area (Å²) in [7, 11) is 1.80. The van der Waals surface area contributed by atoms with Crippen molar-refractivity contribution in [3.63, 3.8) is 0 Å². The highest BCUT2D eigenvalue weighted by Gasteiger charge is 2.18. The highest BCUT2D eigenvalue weighted by molar-refractivity contribution is 7.71. The molecule has 0 atom stereocenters. The van der Waals surface area contributed by atoms with Crippen molar-refractivity contribution in [3.05, 3.63) is 56.5 Å². The van der Waals surface area contributed by atoms with Crippen molar-refractivity contribution in [1.82, 2.24) is 29.9 Å². The van der Waals surface area contributed by atoms with E-state index in [9.17, 15) is 4.79 Å². The van der Waals surface area contributed by atoms with Crippen LogP contribution in [0.25, 0.3) is 15.9 Å². The van der Waals surface area contributed by atoms with Gasteiger partial charge in [-0.05, 0) is 37.3 Å². The molecule has 0 aliphatic heterocycles. The number of para-hydroxylation sites is 1. The van der Waals surface area contributed by atoms with Gasteiger partial charge in [-0.15, -0.1) is 11.3 Å². The molecule has 0 bridgehead atoms. The number of carbonyl (C=O) groups excluding carboxylic acids is 1. The van der Waals surface area contributed by atoms with Gasteiger partial charge in [-0.1, -0.05) is 23.7 Å². The number of carbonyl (C=O) groups is 1.